The van der Waals surface area contributed by atoms with Crippen molar-refractivity contribution in [2.75, 3.05) is 22.1 Å². The Hall–Kier alpha value is -2.92. The van der Waals surface area contributed by atoms with Crippen molar-refractivity contribution in [2.24, 2.45) is 0 Å². The summed E-state index contributed by atoms with van der Waals surface area (Å²) in [5.41, 5.74) is 14.4. The van der Waals surface area contributed by atoms with Gasteiger partial charge < -0.3 is 22.1 Å². The van der Waals surface area contributed by atoms with Gasteiger partial charge in [-0.2, -0.15) is 0 Å². The molecule has 0 aliphatic heterocycles. The van der Waals surface area contributed by atoms with Gasteiger partial charge in [0.15, 0.2) is 11.6 Å². The summed E-state index contributed by atoms with van der Waals surface area (Å²) in [6.07, 6.45) is 0. The van der Waals surface area contributed by atoms with E-state index in [4.69, 9.17) is 23.1 Å². The fraction of sp³-hybridized carbons (Fsp3) is 0. The Morgan fingerprint density at radius 2 is 1.09 bits per heavy atom. The maximum absolute atomic E-state index is 6.25. The molecule has 0 bridgehead atoms. The molecule has 0 aliphatic carbocycles. The second kappa shape index (κ2) is 6.46. The Balaban J connectivity index is 1.97. The number of aromatic nitrogens is 1. The zero-order valence-corrected chi connectivity index (χ0v) is 13.0. The van der Waals surface area contributed by atoms with Gasteiger partial charge in [-0.15, -0.1) is 0 Å². The van der Waals surface area contributed by atoms with E-state index in [0.29, 0.717) is 23.0 Å². The van der Waals surface area contributed by atoms with Crippen LogP contribution in [0.5, 0.6) is 0 Å². The fourth-order valence-electron chi connectivity index (χ4n) is 2.09. The number of rotatable bonds is 4. The predicted octanol–water partition coefficient (Wildman–Crippen LogP) is 4.39. The monoisotopic (exact) mass is 325 g/mol. The van der Waals surface area contributed by atoms with Gasteiger partial charge in [-0.3, -0.25) is 0 Å². The molecule has 23 heavy (non-hydrogen) atoms. The lowest BCUT2D eigenvalue weighted by molar-refractivity contribution is 1.30. The van der Waals surface area contributed by atoms with Crippen LogP contribution in [0.25, 0.3) is 0 Å². The number of para-hydroxylation sites is 2. The minimum Gasteiger partial charge on any atom is -0.394 e. The van der Waals surface area contributed by atoms with E-state index in [-0.39, 0.29) is 5.02 Å². The van der Waals surface area contributed by atoms with Crippen LogP contribution in [0.1, 0.15) is 0 Å². The number of nitrogen functional groups attached to an aromatic ring is 2. The first-order chi connectivity index (χ1) is 11.1. The highest BCUT2D eigenvalue weighted by Gasteiger charge is 2.15. The van der Waals surface area contributed by atoms with Crippen LogP contribution < -0.4 is 22.1 Å². The summed E-state index contributed by atoms with van der Waals surface area (Å²) in [6, 6.07) is 19.2. The lowest BCUT2D eigenvalue weighted by Crippen LogP contribution is -2.07. The number of halogens is 1. The molecule has 0 amide bonds. The quantitative estimate of drug-likeness (QED) is 0.571. The van der Waals surface area contributed by atoms with Gasteiger partial charge in [-0.1, -0.05) is 48.0 Å². The summed E-state index contributed by atoms with van der Waals surface area (Å²) in [5.74, 6) is 0.905. The van der Waals surface area contributed by atoms with Crippen molar-refractivity contribution in [3.8, 4) is 0 Å². The number of nitrogens with zero attached hydrogens (tertiary/aromatic N) is 1. The average molecular weight is 326 g/mol. The molecular formula is C17H16ClN5. The summed E-state index contributed by atoms with van der Waals surface area (Å²) in [7, 11) is 0. The molecule has 3 rings (SSSR count). The summed E-state index contributed by atoms with van der Waals surface area (Å²) in [6.45, 7) is 0. The van der Waals surface area contributed by atoms with E-state index in [9.17, 15) is 0 Å². The van der Waals surface area contributed by atoms with E-state index in [1.807, 2.05) is 60.7 Å². The molecule has 0 aliphatic rings. The van der Waals surface area contributed by atoms with Crippen molar-refractivity contribution in [3.05, 3.63) is 65.7 Å². The van der Waals surface area contributed by atoms with Crippen molar-refractivity contribution in [3.63, 3.8) is 0 Å². The van der Waals surface area contributed by atoms with Crippen LogP contribution in [0.3, 0.4) is 0 Å². The number of anilines is 6. The normalized spacial score (nSPS) is 10.3. The van der Waals surface area contributed by atoms with E-state index in [0.717, 1.165) is 11.4 Å². The van der Waals surface area contributed by atoms with Crippen LogP contribution in [0.2, 0.25) is 5.02 Å². The number of pyridine rings is 1. The van der Waals surface area contributed by atoms with Gasteiger partial charge in [0.2, 0.25) is 0 Å². The third kappa shape index (κ3) is 3.30. The molecular weight excluding hydrogens is 310 g/mol. The molecule has 1 heterocycles. The lowest BCUT2D eigenvalue weighted by Gasteiger charge is -2.15. The van der Waals surface area contributed by atoms with Crippen molar-refractivity contribution >= 4 is 46.0 Å². The van der Waals surface area contributed by atoms with Crippen LogP contribution in [0.4, 0.5) is 34.4 Å². The van der Waals surface area contributed by atoms with Gasteiger partial charge in [0.05, 0.1) is 16.4 Å². The van der Waals surface area contributed by atoms with Gasteiger partial charge in [0.1, 0.15) is 0 Å². The minimum atomic E-state index is 0.275. The van der Waals surface area contributed by atoms with Gasteiger partial charge in [-0.05, 0) is 24.3 Å². The summed E-state index contributed by atoms with van der Waals surface area (Å²) in [5, 5.41) is 6.58. The molecule has 5 nitrogen and oxygen atoms in total. The average Bonchev–Trinajstić information content (AvgIpc) is 2.59. The smallest absolute Gasteiger partial charge is 0.157 e. The third-order valence-corrected chi connectivity index (χ3v) is 3.69. The second-order valence-electron chi connectivity index (χ2n) is 4.93. The number of benzene rings is 2. The van der Waals surface area contributed by atoms with Crippen molar-refractivity contribution in [1.29, 1.82) is 0 Å². The SMILES string of the molecule is Nc1c(Nc2ccccc2)nc(Nc2ccccc2)c(N)c1Cl. The molecule has 1 aromatic heterocycles. The Kier molecular flexibility index (Phi) is 4.21. The van der Waals surface area contributed by atoms with E-state index in [1.165, 1.54) is 0 Å². The summed E-state index contributed by atoms with van der Waals surface area (Å²) in [4.78, 5) is 4.47. The zero-order chi connectivity index (χ0) is 16.2. The number of hydrogen-bond acceptors (Lipinski definition) is 5. The van der Waals surface area contributed by atoms with E-state index < -0.39 is 0 Å². The largest absolute Gasteiger partial charge is 0.394 e. The zero-order valence-electron chi connectivity index (χ0n) is 12.3. The Bertz CT molecular complexity index is 740. The molecule has 0 radical (unpaired) electrons. The van der Waals surface area contributed by atoms with Crippen molar-refractivity contribution in [1.82, 2.24) is 4.98 Å². The predicted molar refractivity (Wildman–Crippen MR) is 97.5 cm³/mol. The second-order valence-corrected chi connectivity index (χ2v) is 5.31. The van der Waals surface area contributed by atoms with Crippen LogP contribution in [0.15, 0.2) is 60.7 Å². The van der Waals surface area contributed by atoms with Crippen molar-refractivity contribution in [2.45, 2.75) is 0 Å². The van der Waals surface area contributed by atoms with Crippen LogP contribution in [-0.2, 0) is 0 Å². The Morgan fingerprint density at radius 3 is 1.48 bits per heavy atom. The summed E-state index contributed by atoms with van der Waals surface area (Å²) >= 11 is 6.25. The highest BCUT2D eigenvalue weighted by atomic mass is 35.5. The standard InChI is InChI=1S/C17H16ClN5/c18-13-14(19)16(21-11-7-3-1-4-8-11)23-17(15(13)20)22-12-9-5-2-6-10-12/h1-10H,19-20H2,(H2,21,22,23). The van der Waals surface area contributed by atoms with Gasteiger partial charge in [0.25, 0.3) is 0 Å². The van der Waals surface area contributed by atoms with Crippen molar-refractivity contribution < 1.29 is 0 Å². The maximum Gasteiger partial charge on any atom is 0.157 e. The van der Waals surface area contributed by atoms with Crippen LogP contribution in [0, 0.1) is 0 Å². The highest BCUT2D eigenvalue weighted by Crippen LogP contribution is 2.38. The number of hydrogen-bond donors (Lipinski definition) is 4. The molecule has 0 unspecified atom stereocenters. The first-order valence-electron chi connectivity index (χ1n) is 7.03. The molecule has 0 spiro atoms. The first kappa shape index (κ1) is 15.0. The topological polar surface area (TPSA) is 89.0 Å². The van der Waals surface area contributed by atoms with Gasteiger partial charge in [0, 0.05) is 11.4 Å². The fourth-order valence-corrected chi connectivity index (χ4v) is 2.27. The molecule has 0 fully saturated rings. The van der Waals surface area contributed by atoms with Crippen LogP contribution in [-0.4, -0.2) is 4.98 Å². The lowest BCUT2D eigenvalue weighted by atomic mass is 10.2. The molecule has 0 saturated carbocycles. The molecule has 116 valence electrons. The Morgan fingerprint density at radius 1 is 0.696 bits per heavy atom. The maximum atomic E-state index is 6.25. The highest BCUT2D eigenvalue weighted by molar-refractivity contribution is 6.36. The molecule has 3 aromatic rings. The third-order valence-electron chi connectivity index (χ3n) is 3.28. The number of nitrogens with two attached hydrogens (primary N) is 2. The summed E-state index contributed by atoms with van der Waals surface area (Å²) < 4.78 is 0. The van der Waals surface area contributed by atoms with E-state index in [1.54, 1.807) is 0 Å². The van der Waals surface area contributed by atoms with E-state index in [2.05, 4.69) is 15.6 Å². The van der Waals surface area contributed by atoms with Crippen LogP contribution >= 0.6 is 11.6 Å². The molecule has 2 aromatic carbocycles. The minimum absolute atomic E-state index is 0.275. The molecule has 0 atom stereocenters. The first-order valence-corrected chi connectivity index (χ1v) is 7.41. The van der Waals surface area contributed by atoms with Gasteiger partial charge >= 0.3 is 0 Å². The Labute approximate surface area is 139 Å². The molecule has 6 N–H and O–H groups in total. The number of nitrogens with one attached hydrogen (secondary N) is 2. The van der Waals surface area contributed by atoms with E-state index >= 15 is 0 Å². The van der Waals surface area contributed by atoms with Gasteiger partial charge in [-0.25, -0.2) is 4.98 Å². The molecule has 6 heteroatoms. The molecule has 0 saturated heterocycles.